The van der Waals surface area contributed by atoms with Crippen molar-refractivity contribution in [3.8, 4) is 11.1 Å². The maximum atomic E-state index is 14.2. The fourth-order valence-electron chi connectivity index (χ4n) is 4.77. The van der Waals surface area contributed by atoms with Crippen LogP contribution in [0.2, 0.25) is 0 Å². The molecule has 0 heterocycles. The van der Waals surface area contributed by atoms with Gasteiger partial charge in [0.2, 0.25) is 5.91 Å². The Morgan fingerprint density at radius 2 is 1.66 bits per heavy atom. The van der Waals surface area contributed by atoms with Crippen molar-refractivity contribution in [2.75, 3.05) is 13.2 Å². The first-order valence-electron chi connectivity index (χ1n) is 11.8. The molecule has 2 aromatic carbocycles. The molecule has 2 amide bonds. The molecule has 2 aliphatic carbocycles. The highest BCUT2D eigenvalue weighted by molar-refractivity contribution is 5.88. The number of carboxylic acids is 1. The maximum Gasteiger partial charge on any atom is 0.407 e. The van der Waals surface area contributed by atoms with Gasteiger partial charge in [0.05, 0.1) is 5.92 Å². The molecule has 0 bridgehead atoms. The van der Waals surface area contributed by atoms with E-state index in [2.05, 4.69) is 10.6 Å². The molecule has 9 heteroatoms. The van der Waals surface area contributed by atoms with Crippen LogP contribution in [0.1, 0.15) is 43.2 Å². The Balaban J connectivity index is 1.30. The molecule has 1 fully saturated rings. The number of rotatable bonds is 10. The second-order valence-electron chi connectivity index (χ2n) is 9.01. The molecule has 186 valence electrons. The smallest absolute Gasteiger partial charge is 0.407 e. The van der Waals surface area contributed by atoms with Crippen LogP contribution in [0, 0.1) is 11.8 Å². The number of alkyl halides is 2. The van der Waals surface area contributed by atoms with Crippen LogP contribution >= 0.6 is 0 Å². The van der Waals surface area contributed by atoms with Gasteiger partial charge in [0.1, 0.15) is 18.6 Å². The second-order valence-corrected chi connectivity index (χ2v) is 9.01. The van der Waals surface area contributed by atoms with E-state index in [0.717, 1.165) is 22.3 Å². The first-order valence-corrected chi connectivity index (χ1v) is 11.8. The van der Waals surface area contributed by atoms with Gasteiger partial charge in [-0.15, -0.1) is 0 Å². The van der Waals surface area contributed by atoms with Crippen LogP contribution in [-0.4, -0.2) is 48.2 Å². The van der Waals surface area contributed by atoms with E-state index in [9.17, 15) is 28.3 Å². The fraction of sp³-hybridized carbons (Fsp3) is 0.423. The van der Waals surface area contributed by atoms with Crippen molar-refractivity contribution >= 4 is 18.0 Å². The summed E-state index contributed by atoms with van der Waals surface area (Å²) in [6, 6.07) is 14.4. The van der Waals surface area contributed by atoms with E-state index in [1.54, 1.807) is 0 Å². The molecule has 35 heavy (non-hydrogen) atoms. The summed E-state index contributed by atoms with van der Waals surface area (Å²) in [4.78, 5) is 35.9. The Morgan fingerprint density at radius 3 is 2.23 bits per heavy atom. The summed E-state index contributed by atoms with van der Waals surface area (Å²) in [7, 11) is 0. The molecule has 0 aromatic heterocycles. The van der Waals surface area contributed by atoms with Crippen molar-refractivity contribution in [1.82, 2.24) is 10.6 Å². The van der Waals surface area contributed by atoms with E-state index in [1.165, 1.54) is 0 Å². The van der Waals surface area contributed by atoms with E-state index < -0.39 is 48.3 Å². The van der Waals surface area contributed by atoms with Crippen molar-refractivity contribution in [1.29, 1.82) is 0 Å². The van der Waals surface area contributed by atoms with Crippen LogP contribution in [0.5, 0.6) is 0 Å². The van der Waals surface area contributed by atoms with Gasteiger partial charge in [0.25, 0.3) is 5.92 Å². The molecule has 0 spiro atoms. The molecule has 2 aliphatic rings. The number of ether oxygens (including phenoxy) is 1. The SMILES string of the molecule is CCCCC(NC(=O)C1C(CNC(=O)OCC2c3ccccc3-c3ccccc32)C1(F)F)C(=O)O. The number of nitrogens with one attached hydrogen (secondary N) is 2. The minimum absolute atomic E-state index is 0.0442. The number of carboxylic acid groups (broad SMARTS) is 1. The summed E-state index contributed by atoms with van der Waals surface area (Å²) >= 11 is 0. The number of hydrogen-bond donors (Lipinski definition) is 3. The predicted molar refractivity (Wildman–Crippen MR) is 124 cm³/mol. The number of amides is 2. The average Bonchev–Trinajstić information content (AvgIpc) is 3.25. The van der Waals surface area contributed by atoms with Crippen LogP contribution < -0.4 is 10.6 Å². The number of aliphatic carboxylic acids is 1. The van der Waals surface area contributed by atoms with E-state index in [0.29, 0.717) is 12.8 Å². The fourth-order valence-corrected chi connectivity index (χ4v) is 4.77. The molecule has 7 nitrogen and oxygen atoms in total. The van der Waals surface area contributed by atoms with Crippen molar-refractivity contribution in [3.63, 3.8) is 0 Å². The standard InChI is InChI=1S/C26H28F2N2O5/c1-2-3-12-21(24(32)33)30-23(31)22-20(26(22,27)28)13-29-25(34)35-14-19-17-10-6-4-8-15(17)16-9-5-7-11-18(16)19/h4-11,19-22H,2-3,12-14H2,1H3,(H,29,34)(H,30,31)(H,32,33). The third-order valence-electron chi connectivity index (χ3n) is 6.76. The van der Waals surface area contributed by atoms with E-state index in [-0.39, 0.29) is 18.9 Å². The quantitative estimate of drug-likeness (QED) is 0.468. The summed E-state index contributed by atoms with van der Waals surface area (Å²) in [6.07, 6.45) is 0.579. The Labute approximate surface area is 201 Å². The van der Waals surface area contributed by atoms with Crippen LogP contribution in [-0.2, 0) is 14.3 Å². The number of carbonyl (C=O) groups excluding carboxylic acids is 2. The van der Waals surface area contributed by atoms with E-state index >= 15 is 0 Å². The van der Waals surface area contributed by atoms with E-state index in [1.807, 2.05) is 55.5 Å². The lowest BCUT2D eigenvalue weighted by molar-refractivity contribution is -0.142. The topological polar surface area (TPSA) is 105 Å². The van der Waals surface area contributed by atoms with Gasteiger partial charge in [-0.1, -0.05) is 68.3 Å². The summed E-state index contributed by atoms with van der Waals surface area (Å²) in [5, 5.41) is 13.8. The lowest BCUT2D eigenvalue weighted by Gasteiger charge is -2.15. The van der Waals surface area contributed by atoms with Crippen molar-refractivity contribution in [3.05, 3.63) is 59.7 Å². The third-order valence-corrected chi connectivity index (χ3v) is 6.76. The summed E-state index contributed by atoms with van der Waals surface area (Å²) < 4.78 is 33.8. The molecule has 3 N–H and O–H groups in total. The van der Waals surface area contributed by atoms with E-state index in [4.69, 9.17) is 4.74 Å². The monoisotopic (exact) mass is 486 g/mol. The molecule has 1 saturated carbocycles. The van der Waals surface area contributed by atoms with Crippen molar-refractivity contribution in [2.45, 2.75) is 44.1 Å². The molecule has 0 radical (unpaired) electrons. The molecule has 3 atom stereocenters. The van der Waals surface area contributed by atoms with Gasteiger partial charge < -0.3 is 20.5 Å². The number of fused-ring (bicyclic) bond motifs is 3. The molecule has 0 saturated heterocycles. The molecule has 4 rings (SSSR count). The van der Waals surface area contributed by atoms with Gasteiger partial charge in [-0.3, -0.25) is 4.79 Å². The van der Waals surface area contributed by atoms with Gasteiger partial charge in [-0.05, 0) is 28.7 Å². The molecule has 3 unspecified atom stereocenters. The van der Waals surface area contributed by atoms with Crippen LogP contribution in [0.4, 0.5) is 13.6 Å². The summed E-state index contributed by atoms with van der Waals surface area (Å²) in [5.41, 5.74) is 4.20. The van der Waals surface area contributed by atoms with Gasteiger partial charge in [-0.25, -0.2) is 18.4 Å². The number of hydrogen-bond acceptors (Lipinski definition) is 4. The maximum absolute atomic E-state index is 14.2. The highest BCUT2D eigenvalue weighted by Crippen LogP contribution is 2.55. The zero-order valence-corrected chi connectivity index (χ0v) is 19.3. The van der Waals surface area contributed by atoms with Crippen LogP contribution in [0.15, 0.2) is 48.5 Å². The minimum atomic E-state index is -3.32. The highest BCUT2D eigenvalue weighted by Gasteiger charge is 2.71. The molecular formula is C26H28F2N2O5. The Hall–Kier alpha value is -3.49. The lowest BCUT2D eigenvalue weighted by atomic mass is 9.98. The van der Waals surface area contributed by atoms with Crippen LogP contribution in [0.3, 0.4) is 0 Å². The zero-order valence-electron chi connectivity index (χ0n) is 19.3. The number of alkyl carbamates (subject to hydrolysis) is 1. The van der Waals surface area contributed by atoms with Gasteiger partial charge in [-0.2, -0.15) is 0 Å². The van der Waals surface area contributed by atoms with Gasteiger partial charge in [0.15, 0.2) is 0 Å². The van der Waals surface area contributed by atoms with Crippen molar-refractivity contribution in [2.24, 2.45) is 11.8 Å². The van der Waals surface area contributed by atoms with Gasteiger partial charge in [0, 0.05) is 12.5 Å². The normalized spacial score (nSPS) is 20.3. The number of halogens is 2. The third kappa shape index (κ3) is 4.99. The molecule has 0 aliphatic heterocycles. The largest absolute Gasteiger partial charge is 0.480 e. The number of carbonyl (C=O) groups is 3. The Morgan fingerprint density at radius 1 is 1.06 bits per heavy atom. The zero-order chi connectivity index (χ0) is 25.2. The number of unbranched alkanes of at least 4 members (excludes halogenated alkanes) is 1. The predicted octanol–water partition coefficient (Wildman–Crippen LogP) is 4.17. The Bertz CT molecular complexity index is 1080. The first-order chi connectivity index (χ1) is 16.8. The second kappa shape index (κ2) is 10.0. The minimum Gasteiger partial charge on any atom is -0.480 e. The first kappa shape index (κ1) is 24.6. The van der Waals surface area contributed by atoms with Gasteiger partial charge >= 0.3 is 12.1 Å². The molecule has 2 aromatic rings. The average molecular weight is 487 g/mol. The highest BCUT2D eigenvalue weighted by atomic mass is 19.3. The Kier molecular flexibility index (Phi) is 7.05. The summed E-state index contributed by atoms with van der Waals surface area (Å²) in [6.45, 7) is 1.46. The van der Waals surface area contributed by atoms with Crippen molar-refractivity contribution < 1.29 is 33.0 Å². The summed E-state index contributed by atoms with van der Waals surface area (Å²) in [5.74, 6) is -8.86. The van der Waals surface area contributed by atoms with Crippen LogP contribution in [0.25, 0.3) is 11.1 Å². The lowest BCUT2D eigenvalue weighted by Crippen LogP contribution is -2.42. The molecular weight excluding hydrogens is 458 g/mol. The number of benzene rings is 2.